The summed E-state index contributed by atoms with van der Waals surface area (Å²) < 4.78 is 39.3. The van der Waals surface area contributed by atoms with Gasteiger partial charge < -0.3 is 20.8 Å². The summed E-state index contributed by atoms with van der Waals surface area (Å²) in [7, 11) is -3.66. The Morgan fingerprint density at radius 1 is 1.07 bits per heavy atom. The zero-order valence-corrected chi connectivity index (χ0v) is 15.1. The van der Waals surface area contributed by atoms with Gasteiger partial charge in [-0.1, -0.05) is 6.07 Å². The minimum Gasteiger partial charge on any atom is -0.473 e. The van der Waals surface area contributed by atoms with Gasteiger partial charge in [-0.15, -0.1) is 0 Å². The Kier molecular flexibility index (Phi) is 8.28. The quantitative estimate of drug-likeness (QED) is 0.535. The summed E-state index contributed by atoms with van der Waals surface area (Å²) in [6, 6.07) is 5.00. The molecule has 0 aliphatic carbocycles. The van der Waals surface area contributed by atoms with E-state index in [9.17, 15) is 17.6 Å². The van der Waals surface area contributed by atoms with Gasteiger partial charge in [0.05, 0.1) is 4.90 Å². The summed E-state index contributed by atoms with van der Waals surface area (Å²) >= 11 is 0. The van der Waals surface area contributed by atoms with Crippen molar-refractivity contribution >= 4 is 27.9 Å². The SMILES string of the molecule is NC(=O)CCN1CCN(S(=O)(=O)c2cccc(F)c2)CC1.O=C(O)C(=O)O. The number of amides is 1. The van der Waals surface area contributed by atoms with Gasteiger partial charge in [0.2, 0.25) is 15.9 Å². The van der Waals surface area contributed by atoms with Crippen molar-refractivity contribution in [1.29, 1.82) is 0 Å². The van der Waals surface area contributed by atoms with Gasteiger partial charge >= 0.3 is 11.9 Å². The molecule has 4 N–H and O–H groups in total. The van der Waals surface area contributed by atoms with E-state index in [-0.39, 0.29) is 17.2 Å². The first-order chi connectivity index (χ1) is 12.5. The second kappa shape index (κ2) is 9.94. The molecule has 27 heavy (non-hydrogen) atoms. The predicted octanol–water partition coefficient (Wildman–Crippen LogP) is -0.837. The fourth-order valence-corrected chi connectivity index (χ4v) is 3.69. The molecule has 1 aromatic rings. The molecule has 0 saturated carbocycles. The van der Waals surface area contributed by atoms with E-state index in [4.69, 9.17) is 25.5 Å². The maximum atomic E-state index is 13.2. The number of hydrogen-bond acceptors (Lipinski definition) is 6. The second-order valence-corrected chi connectivity index (χ2v) is 7.47. The summed E-state index contributed by atoms with van der Waals surface area (Å²) in [6.07, 6.45) is 0.261. The van der Waals surface area contributed by atoms with Crippen LogP contribution in [0.3, 0.4) is 0 Å². The number of carbonyl (C=O) groups excluding carboxylic acids is 1. The highest BCUT2D eigenvalue weighted by Gasteiger charge is 2.28. The van der Waals surface area contributed by atoms with Crippen molar-refractivity contribution in [3.63, 3.8) is 0 Å². The third kappa shape index (κ3) is 7.29. The lowest BCUT2D eigenvalue weighted by Crippen LogP contribution is -2.49. The monoisotopic (exact) mass is 405 g/mol. The van der Waals surface area contributed by atoms with Crippen LogP contribution in [0, 0.1) is 5.82 Å². The van der Waals surface area contributed by atoms with E-state index in [1.165, 1.54) is 22.5 Å². The summed E-state index contributed by atoms with van der Waals surface area (Å²) in [5.41, 5.74) is 5.09. The molecule has 0 aromatic heterocycles. The van der Waals surface area contributed by atoms with Crippen LogP contribution in [0.1, 0.15) is 6.42 Å². The number of carbonyl (C=O) groups is 3. The van der Waals surface area contributed by atoms with E-state index in [1.807, 2.05) is 4.90 Å². The number of primary amides is 1. The minimum absolute atomic E-state index is 0.0342. The number of nitrogens with zero attached hydrogens (tertiary/aromatic N) is 2. The zero-order valence-electron chi connectivity index (χ0n) is 14.2. The van der Waals surface area contributed by atoms with Crippen LogP contribution >= 0.6 is 0 Å². The fourth-order valence-electron chi connectivity index (χ4n) is 2.24. The first-order valence-corrected chi connectivity index (χ1v) is 9.20. The lowest BCUT2D eigenvalue weighted by atomic mass is 10.3. The predicted molar refractivity (Wildman–Crippen MR) is 90.7 cm³/mol. The molecule has 0 spiro atoms. The van der Waals surface area contributed by atoms with Crippen LogP contribution in [0.2, 0.25) is 0 Å². The van der Waals surface area contributed by atoms with Crippen molar-refractivity contribution in [3.8, 4) is 0 Å². The molecule has 0 bridgehead atoms. The molecule has 0 unspecified atom stereocenters. The molecular formula is C15H20FN3O7S. The molecule has 1 heterocycles. The van der Waals surface area contributed by atoms with E-state index in [0.29, 0.717) is 32.7 Å². The Labute approximate surface area is 155 Å². The van der Waals surface area contributed by atoms with Crippen LogP contribution in [0.25, 0.3) is 0 Å². The van der Waals surface area contributed by atoms with Gasteiger partial charge in [0.1, 0.15) is 5.82 Å². The van der Waals surface area contributed by atoms with Crippen LogP contribution in [-0.2, 0) is 24.4 Å². The van der Waals surface area contributed by atoms with Gasteiger partial charge in [0.15, 0.2) is 0 Å². The molecule has 1 saturated heterocycles. The highest BCUT2D eigenvalue weighted by Crippen LogP contribution is 2.18. The lowest BCUT2D eigenvalue weighted by Gasteiger charge is -2.33. The molecule has 1 amide bonds. The van der Waals surface area contributed by atoms with E-state index in [0.717, 1.165) is 6.07 Å². The van der Waals surface area contributed by atoms with Crippen LogP contribution in [0.5, 0.6) is 0 Å². The van der Waals surface area contributed by atoms with E-state index >= 15 is 0 Å². The normalized spacial score (nSPS) is 15.4. The average Bonchev–Trinajstić information content (AvgIpc) is 2.60. The van der Waals surface area contributed by atoms with Gasteiger partial charge in [-0.3, -0.25) is 4.79 Å². The van der Waals surface area contributed by atoms with Gasteiger partial charge in [0.25, 0.3) is 0 Å². The minimum atomic E-state index is -3.66. The highest BCUT2D eigenvalue weighted by molar-refractivity contribution is 7.89. The Bertz CT molecular complexity index is 780. The zero-order chi connectivity index (χ0) is 20.6. The molecule has 2 rings (SSSR count). The number of carboxylic acids is 2. The Balaban J connectivity index is 0.000000527. The summed E-state index contributed by atoms with van der Waals surface area (Å²) in [5, 5.41) is 14.8. The Morgan fingerprint density at radius 2 is 1.63 bits per heavy atom. The second-order valence-electron chi connectivity index (χ2n) is 5.53. The van der Waals surface area contributed by atoms with Crippen LogP contribution in [0.4, 0.5) is 4.39 Å². The first-order valence-electron chi connectivity index (χ1n) is 7.76. The summed E-state index contributed by atoms with van der Waals surface area (Å²) in [6.45, 7) is 2.22. The van der Waals surface area contributed by atoms with Gasteiger partial charge in [-0.05, 0) is 18.2 Å². The number of sulfonamides is 1. The van der Waals surface area contributed by atoms with E-state index < -0.39 is 27.8 Å². The number of nitrogens with two attached hydrogens (primary N) is 1. The number of carboxylic acid groups (broad SMARTS) is 2. The fraction of sp³-hybridized carbons (Fsp3) is 0.400. The molecule has 1 fully saturated rings. The van der Waals surface area contributed by atoms with Crippen LogP contribution in [-0.4, -0.2) is 78.4 Å². The third-order valence-corrected chi connectivity index (χ3v) is 5.52. The Hall–Kier alpha value is -2.57. The maximum Gasteiger partial charge on any atom is 0.414 e. The lowest BCUT2D eigenvalue weighted by molar-refractivity contribution is -0.159. The number of benzene rings is 1. The van der Waals surface area contributed by atoms with Crippen LogP contribution < -0.4 is 5.73 Å². The van der Waals surface area contributed by atoms with Crippen molar-refractivity contribution in [2.75, 3.05) is 32.7 Å². The molecule has 1 aromatic carbocycles. The molecule has 0 radical (unpaired) electrons. The molecular weight excluding hydrogens is 385 g/mol. The molecule has 1 aliphatic rings. The van der Waals surface area contributed by atoms with Gasteiger partial charge in [-0.25, -0.2) is 22.4 Å². The summed E-state index contributed by atoms with van der Waals surface area (Å²) in [4.78, 5) is 30.9. The van der Waals surface area contributed by atoms with Crippen molar-refractivity contribution in [3.05, 3.63) is 30.1 Å². The molecule has 12 heteroatoms. The first kappa shape index (κ1) is 22.5. The number of aliphatic carboxylic acids is 2. The van der Waals surface area contributed by atoms with Crippen molar-refractivity contribution in [2.45, 2.75) is 11.3 Å². The van der Waals surface area contributed by atoms with E-state index in [2.05, 4.69) is 0 Å². The molecule has 10 nitrogen and oxygen atoms in total. The smallest absolute Gasteiger partial charge is 0.414 e. The van der Waals surface area contributed by atoms with Crippen molar-refractivity contribution in [1.82, 2.24) is 9.21 Å². The number of hydrogen-bond donors (Lipinski definition) is 3. The molecule has 150 valence electrons. The van der Waals surface area contributed by atoms with Crippen LogP contribution in [0.15, 0.2) is 29.2 Å². The maximum absolute atomic E-state index is 13.2. The number of rotatable bonds is 5. The third-order valence-electron chi connectivity index (χ3n) is 3.62. The average molecular weight is 405 g/mol. The number of halogens is 1. The van der Waals surface area contributed by atoms with Crippen molar-refractivity contribution < 1.29 is 37.4 Å². The van der Waals surface area contributed by atoms with Crippen molar-refractivity contribution in [2.24, 2.45) is 5.73 Å². The Morgan fingerprint density at radius 3 is 2.07 bits per heavy atom. The van der Waals surface area contributed by atoms with Gasteiger partial charge in [0, 0.05) is 39.1 Å². The largest absolute Gasteiger partial charge is 0.473 e. The topological polar surface area (TPSA) is 158 Å². The number of piperazine rings is 1. The molecule has 1 aliphatic heterocycles. The highest BCUT2D eigenvalue weighted by atomic mass is 32.2. The van der Waals surface area contributed by atoms with E-state index in [1.54, 1.807) is 0 Å². The summed E-state index contributed by atoms with van der Waals surface area (Å²) in [5.74, 6) is -4.59. The van der Waals surface area contributed by atoms with Gasteiger partial charge in [-0.2, -0.15) is 4.31 Å². The molecule has 0 atom stereocenters. The standard InChI is InChI=1S/C13H18FN3O3S.C2H2O4/c14-11-2-1-3-12(10-11)21(19,20)17-8-6-16(7-9-17)5-4-13(15)18;3-1(4)2(5)6/h1-3,10H,4-9H2,(H2,15,18);(H,3,4)(H,5,6).